The van der Waals surface area contributed by atoms with Gasteiger partial charge in [-0.15, -0.1) is 0 Å². The van der Waals surface area contributed by atoms with Crippen LogP contribution in [0.4, 0.5) is 0 Å². The number of carbonyl (C=O) groups excluding carboxylic acids is 1. The molecule has 0 atom stereocenters. The lowest BCUT2D eigenvalue weighted by Crippen LogP contribution is -2.41. The van der Waals surface area contributed by atoms with E-state index < -0.39 is 5.41 Å². The predicted octanol–water partition coefficient (Wildman–Crippen LogP) is 0.701. The molecule has 1 amide bonds. The Morgan fingerprint density at radius 1 is 1.30 bits per heavy atom. The van der Waals surface area contributed by atoms with Crippen molar-refractivity contribution in [1.29, 1.82) is 0 Å². The molecular formula is C14H25N3O3. The second-order valence-electron chi connectivity index (χ2n) is 6.63. The van der Waals surface area contributed by atoms with Crippen molar-refractivity contribution in [2.75, 3.05) is 26.8 Å². The second-order valence-corrected chi connectivity index (χ2v) is 6.63. The zero-order valence-electron chi connectivity index (χ0n) is 12.9. The summed E-state index contributed by atoms with van der Waals surface area (Å²) in [7, 11) is 1.65. The zero-order valence-corrected chi connectivity index (χ0v) is 12.9. The number of carbonyl (C=O) groups is 1. The third-order valence-corrected chi connectivity index (χ3v) is 3.25. The van der Waals surface area contributed by atoms with Gasteiger partial charge in [-0.3, -0.25) is 9.48 Å². The largest absolute Gasteiger partial charge is 0.396 e. The number of rotatable bonds is 5. The van der Waals surface area contributed by atoms with Crippen molar-refractivity contribution in [1.82, 2.24) is 14.7 Å². The molecule has 6 nitrogen and oxygen atoms in total. The molecule has 0 aliphatic heterocycles. The molecule has 114 valence electrons. The van der Waals surface area contributed by atoms with Crippen LogP contribution in [-0.4, -0.2) is 57.6 Å². The van der Waals surface area contributed by atoms with Crippen molar-refractivity contribution in [2.24, 2.45) is 5.41 Å². The molecule has 0 aromatic carbocycles. The van der Waals surface area contributed by atoms with Crippen LogP contribution in [0.5, 0.6) is 0 Å². The van der Waals surface area contributed by atoms with E-state index in [1.54, 1.807) is 31.0 Å². The molecule has 0 aliphatic carbocycles. The highest BCUT2D eigenvalue weighted by Crippen LogP contribution is 2.18. The number of aliphatic hydroxyl groups is 2. The summed E-state index contributed by atoms with van der Waals surface area (Å²) in [5.74, 6) is -0.173. The fourth-order valence-electron chi connectivity index (χ4n) is 1.81. The summed E-state index contributed by atoms with van der Waals surface area (Å²) in [6.07, 6.45) is 3.26. The molecule has 2 N–H and O–H groups in total. The Kier molecular flexibility index (Phi) is 4.94. The molecule has 1 rings (SSSR count). The van der Waals surface area contributed by atoms with E-state index in [9.17, 15) is 15.0 Å². The van der Waals surface area contributed by atoms with Crippen LogP contribution < -0.4 is 0 Å². The first-order valence-corrected chi connectivity index (χ1v) is 6.65. The van der Waals surface area contributed by atoms with Gasteiger partial charge in [-0.25, -0.2) is 0 Å². The van der Waals surface area contributed by atoms with Crippen LogP contribution in [0.1, 0.15) is 38.1 Å². The summed E-state index contributed by atoms with van der Waals surface area (Å²) in [5, 5.41) is 22.8. The molecule has 1 aromatic rings. The normalized spacial score (nSPS) is 12.6. The Bertz CT molecular complexity index is 458. The van der Waals surface area contributed by atoms with E-state index >= 15 is 0 Å². The van der Waals surface area contributed by atoms with Crippen molar-refractivity contribution < 1.29 is 15.0 Å². The summed E-state index contributed by atoms with van der Waals surface area (Å²) < 4.78 is 1.74. The van der Waals surface area contributed by atoms with Gasteiger partial charge in [0.1, 0.15) is 0 Å². The lowest BCUT2D eigenvalue weighted by molar-refractivity contribution is 0.0366. The maximum atomic E-state index is 12.3. The maximum Gasteiger partial charge on any atom is 0.256 e. The maximum absolute atomic E-state index is 12.3. The van der Waals surface area contributed by atoms with Crippen molar-refractivity contribution in [3.63, 3.8) is 0 Å². The summed E-state index contributed by atoms with van der Waals surface area (Å²) in [6.45, 7) is 7.67. The highest BCUT2D eigenvalue weighted by atomic mass is 16.3. The summed E-state index contributed by atoms with van der Waals surface area (Å²) in [5.41, 5.74) is -0.382. The molecule has 0 spiro atoms. The van der Waals surface area contributed by atoms with E-state index in [0.717, 1.165) is 0 Å². The molecule has 0 saturated carbocycles. The average Bonchev–Trinajstić information content (AvgIpc) is 2.87. The van der Waals surface area contributed by atoms with Crippen molar-refractivity contribution in [2.45, 2.75) is 33.2 Å². The van der Waals surface area contributed by atoms with Crippen LogP contribution >= 0.6 is 0 Å². The zero-order chi connectivity index (χ0) is 15.6. The van der Waals surface area contributed by atoms with Crippen molar-refractivity contribution in [3.8, 4) is 0 Å². The molecule has 0 radical (unpaired) electrons. The Labute approximate surface area is 120 Å². The molecule has 0 bridgehead atoms. The first kappa shape index (κ1) is 16.7. The van der Waals surface area contributed by atoms with E-state index in [1.165, 1.54) is 4.90 Å². The highest BCUT2D eigenvalue weighted by molar-refractivity contribution is 5.93. The van der Waals surface area contributed by atoms with E-state index in [0.29, 0.717) is 5.56 Å². The minimum Gasteiger partial charge on any atom is -0.396 e. The summed E-state index contributed by atoms with van der Waals surface area (Å²) in [4.78, 5) is 13.8. The Morgan fingerprint density at radius 3 is 2.25 bits per heavy atom. The summed E-state index contributed by atoms with van der Waals surface area (Å²) in [6, 6.07) is 0. The van der Waals surface area contributed by atoms with E-state index in [1.807, 2.05) is 20.8 Å². The van der Waals surface area contributed by atoms with Gasteiger partial charge in [-0.05, 0) is 20.8 Å². The fourth-order valence-corrected chi connectivity index (χ4v) is 1.81. The number of aliphatic hydroxyl groups excluding tert-OH is 2. The number of aromatic nitrogens is 2. The number of nitrogens with zero attached hydrogens (tertiary/aromatic N) is 3. The fraction of sp³-hybridized carbons (Fsp3) is 0.714. The standard InChI is InChI=1S/C14H25N3O3/c1-13(2,3)17-7-11(6-15-17)12(20)16(5)8-14(4,9-18)10-19/h6-7,18-19H,8-10H2,1-5H3. The first-order valence-electron chi connectivity index (χ1n) is 6.65. The highest BCUT2D eigenvalue weighted by Gasteiger charge is 2.27. The van der Waals surface area contributed by atoms with Crippen LogP contribution in [0.3, 0.4) is 0 Å². The Hall–Kier alpha value is -1.40. The van der Waals surface area contributed by atoms with Gasteiger partial charge in [-0.2, -0.15) is 5.10 Å². The number of amides is 1. The molecule has 0 fully saturated rings. The SMILES string of the molecule is CN(CC(C)(CO)CO)C(=O)c1cnn(C(C)(C)C)c1. The lowest BCUT2D eigenvalue weighted by Gasteiger charge is -2.30. The van der Waals surface area contributed by atoms with Crippen molar-refractivity contribution >= 4 is 5.91 Å². The molecule has 20 heavy (non-hydrogen) atoms. The van der Waals surface area contributed by atoms with Gasteiger partial charge < -0.3 is 15.1 Å². The third-order valence-electron chi connectivity index (χ3n) is 3.25. The molecule has 6 heteroatoms. The van der Waals surface area contributed by atoms with Gasteiger partial charge >= 0.3 is 0 Å². The molecule has 1 heterocycles. The van der Waals surface area contributed by atoms with Crippen molar-refractivity contribution in [3.05, 3.63) is 18.0 Å². The number of hydrogen-bond donors (Lipinski definition) is 2. The average molecular weight is 283 g/mol. The monoisotopic (exact) mass is 283 g/mol. The minimum absolute atomic E-state index is 0.173. The molecule has 0 saturated heterocycles. The third kappa shape index (κ3) is 3.80. The Balaban J connectivity index is 2.82. The van der Waals surface area contributed by atoms with Crippen LogP contribution in [0.15, 0.2) is 12.4 Å². The first-order chi connectivity index (χ1) is 9.13. The van der Waals surface area contributed by atoms with Crippen LogP contribution in [0.25, 0.3) is 0 Å². The smallest absolute Gasteiger partial charge is 0.256 e. The van der Waals surface area contributed by atoms with Gasteiger partial charge in [-0.1, -0.05) is 6.92 Å². The quantitative estimate of drug-likeness (QED) is 0.834. The van der Waals surface area contributed by atoms with Crippen LogP contribution in [-0.2, 0) is 5.54 Å². The summed E-state index contributed by atoms with van der Waals surface area (Å²) >= 11 is 0. The molecule has 1 aromatic heterocycles. The predicted molar refractivity (Wildman–Crippen MR) is 76.5 cm³/mol. The minimum atomic E-state index is -0.704. The van der Waals surface area contributed by atoms with Crippen LogP contribution in [0.2, 0.25) is 0 Å². The van der Waals surface area contributed by atoms with Gasteiger partial charge in [0, 0.05) is 25.2 Å². The van der Waals surface area contributed by atoms with Gasteiger partial charge in [0.2, 0.25) is 0 Å². The topological polar surface area (TPSA) is 78.6 Å². The Morgan fingerprint density at radius 2 is 1.85 bits per heavy atom. The van der Waals surface area contributed by atoms with E-state index in [-0.39, 0.29) is 31.2 Å². The van der Waals surface area contributed by atoms with Gasteiger partial charge in [0.25, 0.3) is 5.91 Å². The molecular weight excluding hydrogens is 258 g/mol. The second kappa shape index (κ2) is 5.93. The van der Waals surface area contributed by atoms with Gasteiger partial charge in [0.05, 0.1) is 30.5 Å². The van der Waals surface area contributed by atoms with Crippen LogP contribution in [0, 0.1) is 5.41 Å². The van der Waals surface area contributed by atoms with Gasteiger partial charge in [0.15, 0.2) is 0 Å². The number of hydrogen-bond acceptors (Lipinski definition) is 4. The molecule has 0 aliphatic rings. The molecule has 0 unspecified atom stereocenters. The lowest BCUT2D eigenvalue weighted by atomic mass is 9.92. The van der Waals surface area contributed by atoms with E-state index in [2.05, 4.69) is 5.10 Å². The van der Waals surface area contributed by atoms with E-state index in [4.69, 9.17) is 0 Å².